The summed E-state index contributed by atoms with van der Waals surface area (Å²) in [7, 11) is 0.861. The Balaban J connectivity index is 4.50. The molecule has 0 amide bonds. The quantitative estimate of drug-likeness (QED) is 0.647. The topological polar surface area (TPSA) is 27.7 Å². The molecule has 0 fully saturated rings. The third kappa shape index (κ3) is 3.05. The average Bonchev–Trinajstić information content (AvgIpc) is 2.05. The van der Waals surface area contributed by atoms with Crippen LogP contribution in [0.25, 0.3) is 0 Å². The van der Waals surface area contributed by atoms with E-state index in [9.17, 15) is 0 Å². The van der Waals surface area contributed by atoms with Gasteiger partial charge in [-0.2, -0.15) is 0 Å². The Bertz CT molecular complexity index is 138. The summed E-state index contributed by atoms with van der Waals surface area (Å²) < 4.78 is 16.6. The van der Waals surface area contributed by atoms with E-state index < -0.39 is 8.80 Å². The normalized spacial score (nSPS) is 13.4. The lowest BCUT2D eigenvalue weighted by Crippen LogP contribution is -2.52. The molecule has 0 aromatic carbocycles. The largest absolute Gasteiger partial charge is 0.506 e. The van der Waals surface area contributed by atoms with E-state index in [1.54, 1.807) is 14.2 Å². The van der Waals surface area contributed by atoms with E-state index in [1.807, 2.05) is 0 Å². The van der Waals surface area contributed by atoms with Crippen LogP contribution in [-0.2, 0) is 13.3 Å². The van der Waals surface area contributed by atoms with Gasteiger partial charge in [0.1, 0.15) is 0 Å². The molecule has 0 saturated heterocycles. The molecule has 0 radical (unpaired) electrons. The van der Waals surface area contributed by atoms with Crippen LogP contribution in [0.15, 0.2) is 0 Å². The lowest BCUT2D eigenvalue weighted by atomic mass is 10.3. The summed E-state index contributed by atoms with van der Waals surface area (Å²) in [5.41, 5.74) is 0. The van der Waals surface area contributed by atoms with E-state index in [0.717, 1.165) is 6.42 Å². The fraction of sp³-hybridized carbons (Fsp3) is 1.00. The minimum Gasteiger partial charge on any atom is -0.377 e. The maximum Gasteiger partial charge on any atom is 0.506 e. The van der Waals surface area contributed by atoms with Gasteiger partial charge < -0.3 is 13.3 Å². The van der Waals surface area contributed by atoms with Crippen molar-refractivity contribution in [3.05, 3.63) is 0 Å². The summed E-state index contributed by atoms with van der Waals surface area (Å²) in [5, 5.41) is -0.0638. The van der Waals surface area contributed by atoms with Crippen molar-refractivity contribution >= 4 is 8.80 Å². The lowest BCUT2D eigenvalue weighted by molar-refractivity contribution is 0.0762. The van der Waals surface area contributed by atoms with E-state index in [4.69, 9.17) is 13.3 Å². The predicted molar refractivity (Wildman–Crippen MR) is 55.7 cm³/mol. The lowest BCUT2D eigenvalue weighted by Gasteiger charge is -2.36. The molecule has 0 heterocycles. The van der Waals surface area contributed by atoms with Crippen LogP contribution in [0.4, 0.5) is 0 Å². The Morgan fingerprint density at radius 3 is 1.77 bits per heavy atom. The molecule has 0 rings (SSSR count). The summed E-state index contributed by atoms with van der Waals surface area (Å²) in [6.45, 7) is 9.03. The van der Waals surface area contributed by atoms with Crippen molar-refractivity contribution < 1.29 is 13.3 Å². The first-order valence-electron chi connectivity index (χ1n) is 4.67. The molecule has 4 heteroatoms. The molecule has 0 aliphatic rings. The molecule has 13 heavy (non-hydrogen) atoms. The molecule has 0 atom stereocenters. The van der Waals surface area contributed by atoms with Gasteiger partial charge in [-0.05, 0) is 6.42 Å². The van der Waals surface area contributed by atoms with Crippen LogP contribution < -0.4 is 0 Å². The van der Waals surface area contributed by atoms with E-state index in [1.165, 1.54) is 0 Å². The Hall–Kier alpha value is 0.0969. The molecule has 3 nitrogen and oxygen atoms in total. The van der Waals surface area contributed by atoms with Gasteiger partial charge in [-0.25, -0.2) is 0 Å². The molecular weight excluding hydrogens is 184 g/mol. The van der Waals surface area contributed by atoms with Crippen molar-refractivity contribution in [1.29, 1.82) is 0 Å². The molecule has 0 aromatic rings. The van der Waals surface area contributed by atoms with Gasteiger partial charge in [0.05, 0.1) is 0 Å². The Morgan fingerprint density at radius 1 is 1.08 bits per heavy atom. The Kier molecular flexibility index (Phi) is 5.13. The van der Waals surface area contributed by atoms with E-state index >= 15 is 0 Å². The van der Waals surface area contributed by atoms with Gasteiger partial charge in [-0.1, -0.05) is 27.7 Å². The number of hydrogen-bond acceptors (Lipinski definition) is 3. The average molecular weight is 206 g/mol. The molecule has 0 aromatic heterocycles. The van der Waals surface area contributed by atoms with E-state index in [-0.39, 0.29) is 5.04 Å². The molecule has 0 saturated carbocycles. The fourth-order valence-electron chi connectivity index (χ4n) is 1.27. The third-order valence-corrected chi connectivity index (χ3v) is 5.45. The van der Waals surface area contributed by atoms with Crippen LogP contribution in [0.5, 0.6) is 0 Å². The minimum atomic E-state index is -2.47. The van der Waals surface area contributed by atoms with Gasteiger partial charge in [0, 0.05) is 25.9 Å². The Morgan fingerprint density at radius 2 is 1.54 bits per heavy atom. The molecule has 0 spiro atoms. The second-order valence-corrected chi connectivity index (χ2v) is 7.78. The highest BCUT2D eigenvalue weighted by Gasteiger charge is 2.51. The maximum absolute atomic E-state index is 5.74. The maximum atomic E-state index is 5.74. The SMILES string of the molecule is CCCO[Si](OC)(OC)C(C)(C)C. The summed E-state index contributed by atoms with van der Waals surface area (Å²) >= 11 is 0. The highest BCUT2D eigenvalue weighted by Crippen LogP contribution is 2.37. The third-order valence-electron chi connectivity index (χ3n) is 1.95. The van der Waals surface area contributed by atoms with Crippen LogP contribution in [0.1, 0.15) is 34.1 Å². The first-order chi connectivity index (χ1) is 5.93. The molecule has 0 N–H and O–H groups in total. The Labute approximate surface area is 82.8 Å². The molecule has 80 valence electrons. The van der Waals surface area contributed by atoms with E-state index in [0.29, 0.717) is 6.61 Å². The zero-order valence-electron chi connectivity index (χ0n) is 9.64. The van der Waals surface area contributed by atoms with Crippen molar-refractivity contribution in [1.82, 2.24) is 0 Å². The van der Waals surface area contributed by atoms with Crippen LogP contribution >= 0.6 is 0 Å². The smallest absolute Gasteiger partial charge is 0.377 e. The molecule has 0 aliphatic heterocycles. The highest BCUT2D eigenvalue weighted by molar-refractivity contribution is 6.63. The van der Waals surface area contributed by atoms with Crippen LogP contribution in [0, 0.1) is 0 Å². The fourth-order valence-corrected chi connectivity index (χ4v) is 3.80. The number of hydrogen-bond donors (Lipinski definition) is 0. The monoisotopic (exact) mass is 206 g/mol. The first-order valence-corrected chi connectivity index (χ1v) is 6.40. The van der Waals surface area contributed by atoms with Gasteiger partial charge in [0.25, 0.3) is 0 Å². The molecule has 0 unspecified atom stereocenters. The van der Waals surface area contributed by atoms with Crippen molar-refractivity contribution in [2.75, 3.05) is 20.8 Å². The highest BCUT2D eigenvalue weighted by atomic mass is 28.4. The van der Waals surface area contributed by atoms with Crippen LogP contribution in [0.3, 0.4) is 0 Å². The zero-order valence-corrected chi connectivity index (χ0v) is 10.6. The second kappa shape index (κ2) is 5.10. The predicted octanol–water partition coefficient (Wildman–Crippen LogP) is 2.44. The second-order valence-electron chi connectivity index (χ2n) is 4.06. The van der Waals surface area contributed by atoms with Gasteiger partial charge in [-0.3, -0.25) is 0 Å². The van der Waals surface area contributed by atoms with Gasteiger partial charge in [0.2, 0.25) is 0 Å². The summed E-state index contributed by atoms with van der Waals surface area (Å²) in [5.74, 6) is 0. The zero-order chi connectivity index (χ0) is 10.5. The molecule has 0 aliphatic carbocycles. The van der Waals surface area contributed by atoms with Gasteiger partial charge in [-0.15, -0.1) is 0 Å². The van der Waals surface area contributed by atoms with Gasteiger partial charge >= 0.3 is 8.80 Å². The minimum absolute atomic E-state index is 0.0638. The van der Waals surface area contributed by atoms with Crippen molar-refractivity contribution in [2.45, 2.75) is 39.2 Å². The summed E-state index contributed by atoms with van der Waals surface area (Å²) in [4.78, 5) is 0. The van der Waals surface area contributed by atoms with Crippen molar-refractivity contribution in [3.63, 3.8) is 0 Å². The molecular formula is C9H22O3Si. The van der Waals surface area contributed by atoms with Gasteiger partial charge in [0.15, 0.2) is 0 Å². The van der Waals surface area contributed by atoms with Crippen LogP contribution in [0.2, 0.25) is 5.04 Å². The van der Waals surface area contributed by atoms with E-state index in [2.05, 4.69) is 27.7 Å². The molecule has 0 bridgehead atoms. The summed E-state index contributed by atoms with van der Waals surface area (Å²) in [6, 6.07) is 0. The van der Waals surface area contributed by atoms with Crippen LogP contribution in [-0.4, -0.2) is 29.6 Å². The van der Waals surface area contributed by atoms with Crippen molar-refractivity contribution in [3.8, 4) is 0 Å². The van der Waals surface area contributed by atoms with Crippen molar-refractivity contribution in [2.24, 2.45) is 0 Å². The summed E-state index contributed by atoms with van der Waals surface area (Å²) in [6.07, 6.45) is 0.984. The first kappa shape index (κ1) is 13.1. The number of rotatable bonds is 5. The standard InChI is InChI=1S/C9H22O3Si/c1-7-8-12-13(10-5,11-6)9(2,3)4/h7-8H2,1-6H3.